The van der Waals surface area contributed by atoms with E-state index in [0.717, 1.165) is 6.42 Å². The van der Waals surface area contributed by atoms with Crippen molar-refractivity contribution in [1.29, 1.82) is 0 Å². The maximum atomic E-state index is 2.55. The molecular formula is C17H23Cl3SiTi. The van der Waals surface area contributed by atoms with Crippen LogP contribution in [-0.4, -0.2) is 8.07 Å². The van der Waals surface area contributed by atoms with Crippen LogP contribution in [0.25, 0.3) is 0 Å². The molecule has 5 heteroatoms. The van der Waals surface area contributed by atoms with Crippen molar-refractivity contribution in [2.75, 3.05) is 0 Å². The molecule has 1 aromatic carbocycles. The van der Waals surface area contributed by atoms with Gasteiger partial charge in [-0.1, -0.05) is 0 Å². The van der Waals surface area contributed by atoms with Gasteiger partial charge >= 0.3 is 130 Å². The predicted molar refractivity (Wildman–Crippen MR) is 83.0 cm³/mol. The van der Waals surface area contributed by atoms with Crippen LogP contribution in [0.3, 0.4) is 0 Å². The van der Waals surface area contributed by atoms with Crippen molar-refractivity contribution in [2.45, 2.75) is 42.6 Å². The van der Waals surface area contributed by atoms with Crippen LogP contribution in [0, 0.1) is 0 Å². The molecule has 22 heavy (non-hydrogen) atoms. The van der Waals surface area contributed by atoms with E-state index in [1.54, 1.807) is 5.19 Å². The molecule has 2 rings (SSSR count). The van der Waals surface area contributed by atoms with Gasteiger partial charge in [0, 0.05) is 0 Å². The van der Waals surface area contributed by atoms with Gasteiger partial charge in [-0.25, -0.2) is 0 Å². The van der Waals surface area contributed by atoms with Gasteiger partial charge in [0.1, 0.15) is 0 Å². The number of hydrogen-bond acceptors (Lipinski definition) is 0. The first kappa shape index (κ1) is 24.7. The van der Waals surface area contributed by atoms with E-state index in [-0.39, 0.29) is 40.6 Å². The van der Waals surface area contributed by atoms with Crippen LogP contribution >= 0.6 is 0 Å². The zero-order valence-corrected chi connectivity index (χ0v) is 18.2. The van der Waals surface area contributed by atoms with E-state index in [1.807, 2.05) is 0 Å². The van der Waals surface area contributed by atoms with Crippen LogP contribution in [0.2, 0.25) is 15.4 Å². The second-order valence-electron chi connectivity index (χ2n) is 5.43. The zero-order chi connectivity index (χ0) is 13.9. The molecule has 0 nitrogen and oxygen atoms in total. The van der Waals surface area contributed by atoms with E-state index >= 15 is 0 Å². The minimum atomic E-state index is -1.53. The van der Waals surface area contributed by atoms with Crippen LogP contribution in [0.15, 0.2) is 54.1 Å². The molecule has 1 unspecified atom stereocenters. The van der Waals surface area contributed by atoms with E-state index in [2.05, 4.69) is 89.8 Å². The molecule has 0 fully saturated rings. The molecular weight excluding hydrogens is 386 g/mol. The van der Waals surface area contributed by atoms with Gasteiger partial charge < -0.3 is 37.2 Å². The third-order valence-electron chi connectivity index (χ3n) is 4.71. The summed E-state index contributed by atoms with van der Waals surface area (Å²) in [5.74, 6) is 0. The van der Waals surface area contributed by atoms with E-state index in [4.69, 9.17) is 0 Å². The Morgan fingerprint density at radius 3 is 1.91 bits per heavy atom. The third-order valence-corrected chi connectivity index (χ3v) is 13.2. The molecule has 0 saturated heterocycles. The second kappa shape index (κ2) is 10.4. The van der Waals surface area contributed by atoms with Crippen molar-refractivity contribution < 1.29 is 57.7 Å². The van der Waals surface area contributed by atoms with Crippen molar-refractivity contribution >= 4 is 13.3 Å². The van der Waals surface area contributed by atoms with E-state index < -0.39 is 8.07 Å². The fourth-order valence-electron chi connectivity index (χ4n) is 3.38. The summed E-state index contributed by atoms with van der Waals surface area (Å²) in [7, 11) is -1.53. The van der Waals surface area contributed by atoms with Gasteiger partial charge in [-0.3, -0.25) is 0 Å². The molecule has 0 saturated carbocycles. The van der Waals surface area contributed by atoms with Crippen LogP contribution < -0.4 is 42.4 Å². The molecule has 0 spiro atoms. The van der Waals surface area contributed by atoms with Gasteiger partial charge in [0.25, 0.3) is 0 Å². The normalized spacial score (nSPS) is 19.6. The molecule has 0 amide bonds. The third kappa shape index (κ3) is 4.32. The monoisotopic (exact) mass is 408 g/mol. The molecule has 1 atom stereocenters. The number of hydrogen-bond donors (Lipinski definition) is 0. The first-order valence-electron chi connectivity index (χ1n) is 7.33. The molecule has 1 aliphatic carbocycles. The quantitative estimate of drug-likeness (QED) is 0.431. The van der Waals surface area contributed by atoms with Gasteiger partial charge in [0.2, 0.25) is 0 Å². The second-order valence-corrected chi connectivity index (χ2v) is 12.5. The smallest absolute Gasteiger partial charge is 1.00 e. The Kier molecular flexibility index (Phi) is 11.7. The fourth-order valence-corrected chi connectivity index (χ4v) is 10.8. The molecule has 0 N–H and O–H groups in total. The fraction of sp³-hybridized carbons (Fsp3) is 0.412. The average Bonchev–Trinajstić information content (AvgIpc) is 2.85. The summed E-state index contributed by atoms with van der Waals surface area (Å²) in [5, 5.41) is 1.61. The first-order chi connectivity index (χ1) is 9.12. The van der Waals surface area contributed by atoms with Crippen molar-refractivity contribution in [3.63, 3.8) is 0 Å². The van der Waals surface area contributed by atoms with Crippen molar-refractivity contribution in [2.24, 2.45) is 0 Å². The van der Waals surface area contributed by atoms with Gasteiger partial charge in [0.05, 0.1) is 0 Å². The summed E-state index contributed by atoms with van der Waals surface area (Å²) in [6.07, 6.45) is 8.55. The van der Waals surface area contributed by atoms with Crippen molar-refractivity contribution in [1.82, 2.24) is 0 Å². The largest absolute Gasteiger partial charge is 1.00 e. The summed E-state index contributed by atoms with van der Waals surface area (Å²) >= 11 is 2.46. The minimum Gasteiger partial charge on any atom is -1.00 e. The first-order valence-corrected chi connectivity index (χ1v) is 10.5. The van der Waals surface area contributed by atoms with Gasteiger partial charge in [-0.2, -0.15) is 0 Å². The molecule has 120 valence electrons. The molecule has 0 radical (unpaired) electrons. The molecule has 1 aromatic rings. The predicted octanol–water partition coefficient (Wildman–Crippen LogP) is -4.45. The number of benzene rings is 1. The van der Waals surface area contributed by atoms with E-state index in [0.29, 0.717) is 0 Å². The zero-order valence-electron chi connectivity index (χ0n) is 13.4. The van der Waals surface area contributed by atoms with E-state index in [9.17, 15) is 0 Å². The van der Waals surface area contributed by atoms with Crippen LogP contribution in [0.1, 0.15) is 27.2 Å². The summed E-state index contributed by atoms with van der Waals surface area (Å²) in [5.41, 5.74) is 1.51. The Bertz CT molecular complexity index is 498. The Labute approximate surface area is 166 Å². The van der Waals surface area contributed by atoms with Crippen molar-refractivity contribution in [3.05, 3.63) is 54.1 Å². The Balaban J connectivity index is 0. The number of halogens is 3. The number of allylic oxidation sites excluding steroid dienone is 4. The molecule has 0 aromatic heterocycles. The topological polar surface area (TPSA) is 0 Å². The molecule has 1 aliphatic rings. The standard InChI is InChI=1S/C17H23Si.3ClH.Ti/c1-4-15-12-13-17(14-15)18(5-2,6-3)16-10-8-7-9-11-16;;;;/h7-14H,4-6H2,1-3H3;3*1H;/q;;;;+3/p-3. The molecule has 0 bridgehead atoms. The molecule has 0 heterocycles. The summed E-state index contributed by atoms with van der Waals surface area (Å²) in [6.45, 7) is 7.03. The maximum Gasteiger partial charge on any atom is -1.00 e. The Morgan fingerprint density at radius 1 is 0.955 bits per heavy atom. The Morgan fingerprint density at radius 2 is 1.50 bits per heavy atom. The van der Waals surface area contributed by atoms with Gasteiger partial charge in [-0.15, -0.1) is 0 Å². The van der Waals surface area contributed by atoms with Gasteiger partial charge in [-0.05, 0) is 0 Å². The maximum absolute atomic E-state index is 2.55. The SMILES string of the molecule is CCC1=C[C]([Ti+3])([Si](CC)(CC)c2ccccc2)C=C1.[Cl-].[Cl-].[Cl-]. The van der Waals surface area contributed by atoms with Gasteiger partial charge in [0.15, 0.2) is 0 Å². The average molecular weight is 410 g/mol. The van der Waals surface area contributed by atoms with Crippen LogP contribution in [-0.2, 0) is 20.4 Å². The molecule has 0 aliphatic heterocycles. The summed E-state index contributed by atoms with van der Waals surface area (Å²) in [6, 6.07) is 13.9. The minimum absolute atomic E-state index is 0. The van der Waals surface area contributed by atoms with Crippen LogP contribution in [0.4, 0.5) is 0 Å². The summed E-state index contributed by atoms with van der Waals surface area (Å²) < 4.78 is 0.281. The Hall–Kier alpha value is 0.501. The number of rotatable bonds is 5. The van der Waals surface area contributed by atoms with E-state index in [1.165, 1.54) is 17.7 Å². The van der Waals surface area contributed by atoms with Crippen molar-refractivity contribution in [3.8, 4) is 0 Å². The van der Waals surface area contributed by atoms with Crippen LogP contribution in [0.5, 0.6) is 0 Å². The summed E-state index contributed by atoms with van der Waals surface area (Å²) in [4.78, 5) is 0.